The SMILES string of the molecule is Cc1cccc2nc(C(=O)OC(C)C(=O)Nc3ccc(OC(F)F)c(Cl)c3)cn12. The van der Waals surface area contributed by atoms with E-state index in [-0.39, 0.29) is 22.2 Å². The molecule has 1 N–H and O–H groups in total. The lowest BCUT2D eigenvalue weighted by molar-refractivity contribution is -0.123. The predicted molar refractivity (Wildman–Crippen MR) is 102 cm³/mol. The largest absolute Gasteiger partial charge is 0.448 e. The monoisotopic (exact) mass is 423 g/mol. The summed E-state index contributed by atoms with van der Waals surface area (Å²) in [6, 6.07) is 9.19. The molecule has 0 spiro atoms. The molecule has 2 heterocycles. The van der Waals surface area contributed by atoms with Crippen molar-refractivity contribution in [2.45, 2.75) is 26.6 Å². The Bertz CT molecular complexity index is 1070. The highest BCUT2D eigenvalue weighted by Crippen LogP contribution is 2.29. The summed E-state index contributed by atoms with van der Waals surface area (Å²) in [7, 11) is 0. The first-order chi connectivity index (χ1) is 13.7. The Morgan fingerprint density at radius 3 is 2.66 bits per heavy atom. The van der Waals surface area contributed by atoms with Crippen LogP contribution in [0.25, 0.3) is 5.65 Å². The Hall–Kier alpha value is -3.20. The van der Waals surface area contributed by atoms with Gasteiger partial charge >= 0.3 is 12.6 Å². The number of esters is 1. The zero-order valence-corrected chi connectivity index (χ0v) is 16.1. The average Bonchev–Trinajstić information content (AvgIpc) is 3.09. The topological polar surface area (TPSA) is 81.9 Å². The Labute approximate surface area is 169 Å². The van der Waals surface area contributed by atoms with E-state index < -0.39 is 24.6 Å². The number of hydrogen-bond donors (Lipinski definition) is 1. The number of halogens is 3. The van der Waals surface area contributed by atoms with E-state index in [1.54, 1.807) is 10.5 Å². The van der Waals surface area contributed by atoms with Crippen molar-refractivity contribution in [3.05, 3.63) is 59.0 Å². The minimum absolute atomic E-state index is 0.0653. The lowest BCUT2D eigenvalue weighted by Crippen LogP contribution is -2.30. The molecule has 29 heavy (non-hydrogen) atoms. The first-order valence-electron chi connectivity index (χ1n) is 8.45. The summed E-state index contributed by atoms with van der Waals surface area (Å²) in [4.78, 5) is 28.8. The molecule has 1 atom stereocenters. The number of fused-ring (bicyclic) bond motifs is 1. The summed E-state index contributed by atoms with van der Waals surface area (Å²) in [6.45, 7) is 0.239. The fourth-order valence-electron chi connectivity index (χ4n) is 2.54. The van der Waals surface area contributed by atoms with Gasteiger partial charge in [-0.1, -0.05) is 17.7 Å². The van der Waals surface area contributed by atoms with Gasteiger partial charge < -0.3 is 19.2 Å². The smallest absolute Gasteiger partial charge is 0.387 e. The van der Waals surface area contributed by atoms with E-state index in [2.05, 4.69) is 15.0 Å². The number of amides is 1. The number of aromatic nitrogens is 2. The van der Waals surface area contributed by atoms with Gasteiger partial charge in [-0.25, -0.2) is 9.78 Å². The fraction of sp³-hybridized carbons (Fsp3) is 0.211. The van der Waals surface area contributed by atoms with Gasteiger partial charge in [0.15, 0.2) is 11.8 Å². The van der Waals surface area contributed by atoms with Gasteiger partial charge in [-0.05, 0) is 44.2 Å². The number of anilines is 1. The van der Waals surface area contributed by atoms with E-state index >= 15 is 0 Å². The normalized spacial score (nSPS) is 12.1. The number of imidazole rings is 1. The lowest BCUT2D eigenvalue weighted by atomic mass is 10.2. The second-order valence-electron chi connectivity index (χ2n) is 6.08. The molecular weight excluding hydrogens is 408 g/mol. The molecule has 0 saturated carbocycles. The van der Waals surface area contributed by atoms with Crippen molar-refractivity contribution in [3.63, 3.8) is 0 Å². The average molecular weight is 424 g/mol. The summed E-state index contributed by atoms with van der Waals surface area (Å²) in [5, 5.41) is 2.38. The van der Waals surface area contributed by atoms with Crippen LogP contribution in [0.5, 0.6) is 5.75 Å². The van der Waals surface area contributed by atoms with Crippen molar-refractivity contribution >= 4 is 34.8 Å². The van der Waals surface area contributed by atoms with Crippen molar-refractivity contribution in [2.24, 2.45) is 0 Å². The Balaban J connectivity index is 1.64. The Kier molecular flexibility index (Phi) is 5.97. The number of carbonyl (C=O) groups excluding carboxylic acids is 2. The molecule has 0 bridgehead atoms. The van der Waals surface area contributed by atoms with Gasteiger partial charge in [-0.2, -0.15) is 8.78 Å². The lowest BCUT2D eigenvalue weighted by Gasteiger charge is -2.14. The van der Waals surface area contributed by atoms with Crippen LogP contribution in [-0.4, -0.2) is 34.0 Å². The summed E-state index contributed by atoms with van der Waals surface area (Å²) in [5.41, 5.74) is 1.76. The number of rotatable bonds is 6. The number of nitrogens with one attached hydrogen (secondary N) is 1. The molecule has 0 aliphatic carbocycles. The van der Waals surface area contributed by atoms with Crippen LogP contribution in [0, 0.1) is 6.92 Å². The van der Waals surface area contributed by atoms with Crippen LogP contribution in [0.3, 0.4) is 0 Å². The standard InChI is InChI=1S/C19H16ClF2N3O4/c1-10-4-3-5-16-24-14(9-25(10)16)18(27)28-11(2)17(26)23-12-6-7-15(13(20)8-12)29-19(21)22/h3-9,11,19H,1-2H3,(H,23,26). The van der Waals surface area contributed by atoms with Crippen LogP contribution in [0.1, 0.15) is 23.1 Å². The number of carbonyl (C=O) groups is 2. The second kappa shape index (κ2) is 8.44. The first kappa shape index (κ1) is 20.5. The number of hydrogen-bond acceptors (Lipinski definition) is 5. The molecular formula is C19H16ClF2N3O4. The highest BCUT2D eigenvalue weighted by molar-refractivity contribution is 6.32. The Morgan fingerprint density at radius 2 is 2.00 bits per heavy atom. The van der Waals surface area contributed by atoms with Gasteiger partial charge in [0.2, 0.25) is 0 Å². The van der Waals surface area contributed by atoms with Crippen molar-refractivity contribution in [1.82, 2.24) is 9.38 Å². The van der Waals surface area contributed by atoms with Gasteiger partial charge in [0.05, 0.1) is 5.02 Å². The molecule has 3 aromatic rings. The minimum atomic E-state index is -3.02. The van der Waals surface area contributed by atoms with Gasteiger partial charge in [0, 0.05) is 17.6 Å². The molecule has 7 nitrogen and oxygen atoms in total. The number of pyridine rings is 1. The van der Waals surface area contributed by atoms with Crippen LogP contribution in [0.4, 0.5) is 14.5 Å². The van der Waals surface area contributed by atoms with Crippen LogP contribution in [-0.2, 0) is 9.53 Å². The van der Waals surface area contributed by atoms with E-state index in [0.717, 1.165) is 5.69 Å². The van der Waals surface area contributed by atoms with Crippen LogP contribution in [0.2, 0.25) is 5.02 Å². The van der Waals surface area contributed by atoms with Crippen molar-refractivity contribution in [3.8, 4) is 5.75 Å². The maximum Gasteiger partial charge on any atom is 0.387 e. The molecule has 10 heteroatoms. The first-order valence-corrected chi connectivity index (χ1v) is 8.83. The number of nitrogens with zero attached hydrogens (tertiary/aromatic N) is 2. The number of benzene rings is 1. The maximum absolute atomic E-state index is 12.3. The molecule has 1 unspecified atom stereocenters. The van der Waals surface area contributed by atoms with Crippen LogP contribution in [0.15, 0.2) is 42.6 Å². The third-order valence-corrected chi connectivity index (χ3v) is 4.27. The molecule has 0 fully saturated rings. The third-order valence-electron chi connectivity index (χ3n) is 3.97. The summed E-state index contributed by atoms with van der Waals surface area (Å²) in [6.07, 6.45) is 0.392. The molecule has 2 aromatic heterocycles. The van der Waals surface area contributed by atoms with Crippen molar-refractivity contribution < 1.29 is 27.8 Å². The van der Waals surface area contributed by atoms with Gasteiger partial charge in [-0.3, -0.25) is 4.79 Å². The number of ether oxygens (including phenoxy) is 2. The number of alkyl halides is 2. The molecule has 1 amide bonds. The molecule has 0 radical (unpaired) electrons. The van der Waals surface area contributed by atoms with E-state index in [1.165, 1.54) is 31.3 Å². The fourth-order valence-corrected chi connectivity index (χ4v) is 2.76. The highest BCUT2D eigenvalue weighted by atomic mass is 35.5. The molecule has 0 saturated heterocycles. The molecule has 0 aliphatic heterocycles. The third kappa shape index (κ3) is 4.80. The molecule has 0 aliphatic rings. The molecule has 1 aromatic carbocycles. The minimum Gasteiger partial charge on any atom is -0.448 e. The van der Waals surface area contributed by atoms with Crippen molar-refractivity contribution in [1.29, 1.82) is 0 Å². The molecule has 3 rings (SSSR count). The summed E-state index contributed by atoms with van der Waals surface area (Å²) >= 11 is 5.85. The van der Waals surface area contributed by atoms with Gasteiger partial charge in [0.25, 0.3) is 5.91 Å². The van der Waals surface area contributed by atoms with Gasteiger partial charge in [-0.15, -0.1) is 0 Å². The van der Waals surface area contributed by atoms with E-state index in [9.17, 15) is 18.4 Å². The van der Waals surface area contributed by atoms with Crippen LogP contribution < -0.4 is 10.1 Å². The summed E-state index contributed by atoms with van der Waals surface area (Å²) < 4.78 is 35.6. The Morgan fingerprint density at radius 1 is 1.24 bits per heavy atom. The zero-order valence-electron chi connectivity index (χ0n) is 15.4. The highest BCUT2D eigenvalue weighted by Gasteiger charge is 2.21. The maximum atomic E-state index is 12.3. The zero-order chi connectivity index (χ0) is 21.1. The van der Waals surface area contributed by atoms with Crippen molar-refractivity contribution in [2.75, 3.05) is 5.32 Å². The predicted octanol–water partition coefficient (Wildman–Crippen LogP) is 4.08. The van der Waals surface area contributed by atoms with E-state index in [1.807, 2.05) is 19.1 Å². The van der Waals surface area contributed by atoms with Crippen LogP contribution >= 0.6 is 11.6 Å². The van der Waals surface area contributed by atoms with E-state index in [0.29, 0.717) is 5.65 Å². The van der Waals surface area contributed by atoms with E-state index in [4.69, 9.17) is 16.3 Å². The second-order valence-corrected chi connectivity index (χ2v) is 6.49. The number of aryl methyl sites for hydroxylation is 1. The quantitative estimate of drug-likeness (QED) is 0.604. The van der Waals surface area contributed by atoms with Gasteiger partial charge in [0.1, 0.15) is 11.4 Å². The summed E-state index contributed by atoms with van der Waals surface area (Å²) in [5.74, 6) is -1.60. The molecule has 152 valence electrons.